The lowest BCUT2D eigenvalue weighted by molar-refractivity contribution is -0.116. The molecule has 0 atom stereocenters. The van der Waals surface area contributed by atoms with E-state index < -0.39 is 11.7 Å². The maximum absolute atomic E-state index is 12.6. The first-order valence-electron chi connectivity index (χ1n) is 9.19. The third-order valence-corrected chi connectivity index (χ3v) is 4.74. The molecule has 30 heavy (non-hydrogen) atoms. The van der Waals surface area contributed by atoms with E-state index in [1.54, 1.807) is 54.6 Å². The quantitative estimate of drug-likeness (QED) is 0.546. The number of aromatic nitrogens is 1. The zero-order valence-corrected chi connectivity index (χ0v) is 15.5. The smallest absolute Gasteiger partial charge is 0.420 e. The van der Waals surface area contributed by atoms with Crippen LogP contribution in [0.3, 0.4) is 0 Å². The molecule has 2 heterocycles. The zero-order chi connectivity index (χ0) is 20.7. The van der Waals surface area contributed by atoms with E-state index in [-0.39, 0.29) is 18.0 Å². The first-order chi connectivity index (χ1) is 14.6. The second-order valence-electron chi connectivity index (χ2n) is 6.73. The van der Waals surface area contributed by atoms with Gasteiger partial charge in [0, 0.05) is 5.69 Å². The Balaban J connectivity index is 1.39. The molecule has 0 radical (unpaired) electrons. The summed E-state index contributed by atoms with van der Waals surface area (Å²) >= 11 is 0. The molecular formula is C22H15N3O5. The summed E-state index contributed by atoms with van der Waals surface area (Å²) in [4.78, 5) is 37.2. The number of anilines is 2. The molecule has 2 amide bonds. The molecule has 0 saturated heterocycles. The number of rotatable bonds is 3. The average Bonchev–Trinajstić information content (AvgIpc) is 2.97. The fourth-order valence-electron chi connectivity index (χ4n) is 3.35. The van der Waals surface area contributed by atoms with Crippen LogP contribution in [0, 0.1) is 0 Å². The molecule has 3 aromatic carbocycles. The number of hydrogen-bond donors (Lipinski definition) is 2. The van der Waals surface area contributed by atoms with E-state index >= 15 is 0 Å². The Morgan fingerprint density at radius 2 is 1.77 bits per heavy atom. The summed E-state index contributed by atoms with van der Waals surface area (Å²) in [6.45, 7) is -0.221. The molecule has 0 spiro atoms. The van der Waals surface area contributed by atoms with Gasteiger partial charge in [0.05, 0.1) is 16.8 Å². The van der Waals surface area contributed by atoms with Crippen LogP contribution in [0.1, 0.15) is 10.4 Å². The second-order valence-corrected chi connectivity index (χ2v) is 6.73. The van der Waals surface area contributed by atoms with Crippen LogP contribution >= 0.6 is 0 Å². The highest BCUT2D eigenvalue weighted by atomic mass is 16.5. The summed E-state index contributed by atoms with van der Waals surface area (Å²) in [6.07, 6.45) is 0. The second kappa shape index (κ2) is 6.93. The van der Waals surface area contributed by atoms with Crippen LogP contribution in [0.2, 0.25) is 0 Å². The highest BCUT2D eigenvalue weighted by Gasteiger charge is 2.21. The number of ether oxygens (including phenoxy) is 1. The third-order valence-electron chi connectivity index (χ3n) is 4.74. The van der Waals surface area contributed by atoms with Gasteiger partial charge >= 0.3 is 5.76 Å². The van der Waals surface area contributed by atoms with E-state index in [0.717, 1.165) is 0 Å². The standard InChI is InChI=1S/C22H15N3O5/c26-20(12-25-16-6-2-4-8-19(16)30-22(25)28)23-13-9-10-17-14(11-13)21(27)24-15-5-1-3-7-18(15)29-17/h1-11H,12H2,(H,23,26)(H,24,27). The molecule has 0 saturated carbocycles. The average molecular weight is 401 g/mol. The maximum Gasteiger partial charge on any atom is 0.420 e. The lowest BCUT2D eigenvalue weighted by Crippen LogP contribution is -2.24. The van der Waals surface area contributed by atoms with Crippen molar-refractivity contribution in [2.24, 2.45) is 0 Å². The van der Waals surface area contributed by atoms with Crippen LogP contribution in [-0.4, -0.2) is 16.4 Å². The van der Waals surface area contributed by atoms with Crippen molar-refractivity contribution in [2.75, 3.05) is 10.6 Å². The summed E-state index contributed by atoms with van der Waals surface area (Å²) in [5, 5.41) is 5.50. The Hall–Kier alpha value is -4.33. The van der Waals surface area contributed by atoms with Crippen LogP contribution in [0.4, 0.5) is 11.4 Å². The van der Waals surface area contributed by atoms with Crippen molar-refractivity contribution in [3.8, 4) is 11.5 Å². The van der Waals surface area contributed by atoms with Gasteiger partial charge in [-0.15, -0.1) is 0 Å². The van der Waals surface area contributed by atoms with Gasteiger partial charge in [-0.1, -0.05) is 24.3 Å². The molecule has 8 heteroatoms. The topological polar surface area (TPSA) is 103 Å². The third kappa shape index (κ3) is 3.10. The Labute approximate surface area is 169 Å². The number of fused-ring (bicyclic) bond motifs is 3. The van der Waals surface area contributed by atoms with Crippen molar-refractivity contribution in [2.45, 2.75) is 6.54 Å². The predicted molar refractivity (Wildman–Crippen MR) is 110 cm³/mol. The number of oxazole rings is 1. The van der Waals surface area contributed by atoms with Crippen molar-refractivity contribution >= 4 is 34.3 Å². The Morgan fingerprint density at radius 1 is 0.967 bits per heavy atom. The number of nitrogens with one attached hydrogen (secondary N) is 2. The number of nitrogens with zero attached hydrogens (tertiary/aromatic N) is 1. The minimum atomic E-state index is -0.612. The summed E-state index contributed by atoms with van der Waals surface area (Å²) in [5.41, 5.74) is 2.20. The molecule has 5 rings (SSSR count). The molecule has 0 bridgehead atoms. The highest BCUT2D eigenvalue weighted by Crippen LogP contribution is 2.36. The van der Waals surface area contributed by atoms with Gasteiger partial charge in [-0.2, -0.15) is 0 Å². The van der Waals surface area contributed by atoms with Crippen molar-refractivity contribution in [1.29, 1.82) is 0 Å². The molecule has 1 aliphatic heterocycles. The van der Waals surface area contributed by atoms with Crippen LogP contribution in [0.5, 0.6) is 11.5 Å². The first-order valence-corrected chi connectivity index (χ1v) is 9.19. The SMILES string of the molecule is O=C(Cn1c(=O)oc2ccccc21)Nc1ccc2c(c1)C(=O)Nc1ccccc1O2. The maximum atomic E-state index is 12.6. The molecule has 8 nitrogen and oxygen atoms in total. The molecule has 1 aliphatic rings. The van der Waals surface area contributed by atoms with E-state index in [1.807, 2.05) is 6.07 Å². The largest absolute Gasteiger partial charge is 0.454 e. The predicted octanol–water partition coefficient (Wildman–Crippen LogP) is 3.59. The van der Waals surface area contributed by atoms with Crippen LogP contribution in [-0.2, 0) is 11.3 Å². The molecule has 0 unspecified atom stereocenters. The summed E-state index contributed by atoms with van der Waals surface area (Å²) in [7, 11) is 0. The van der Waals surface area contributed by atoms with Crippen molar-refractivity contribution < 1.29 is 18.7 Å². The van der Waals surface area contributed by atoms with Gasteiger partial charge in [0.15, 0.2) is 11.3 Å². The summed E-state index contributed by atoms with van der Waals surface area (Å²) in [5.74, 6) is -0.469. The van der Waals surface area contributed by atoms with Crippen LogP contribution in [0.25, 0.3) is 11.1 Å². The molecule has 0 aliphatic carbocycles. The van der Waals surface area contributed by atoms with E-state index in [4.69, 9.17) is 9.15 Å². The Kier molecular flexibility index (Phi) is 4.10. The fourth-order valence-corrected chi connectivity index (χ4v) is 3.35. The van der Waals surface area contributed by atoms with Crippen LogP contribution in [0.15, 0.2) is 75.9 Å². The van der Waals surface area contributed by atoms with Gasteiger partial charge in [-0.05, 0) is 42.5 Å². The van der Waals surface area contributed by atoms with Gasteiger partial charge in [0.1, 0.15) is 12.3 Å². The van der Waals surface area contributed by atoms with Crippen LogP contribution < -0.4 is 21.1 Å². The van der Waals surface area contributed by atoms with Crippen molar-refractivity contribution in [3.05, 3.63) is 82.8 Å². The number of benzene rings is 3. The van der Waals surface area contributed by atoms with E-state index in [2.05, 4.69) is 10.6 Å². The van der Waals surface area contributed by atoms with E-state index in [1.165, 1.54) is 10.6 Å². The first kappa shape index (κ1) is 17.7. The Bertz CT molecular complexity index is 1370. The number of para-hydroxylation sites is 4. The van der Waals surface area contributed by atoms with Gasteiger partial charge < -0.3 is 19.8 Å². The highest BCUT2D eigenvalue weighted by molar-refractivity contribution is 6.09. The van der Waals surface area contributed by atoms with Gasteiger partial charge in [-0.3, -0.25) is 14.2 Å². The lowest BCUT2D eigenvalue weighted by Gasteiger charge is -2.10. The van der Waals surface area contributed by atoms with Gasteiger partial charge in [-0.25, -0.2) is 4.79 Å². The molecule has 4 aromatic rings. The minimum absolute atomic E-state index is 0.221. The fraction of sp³-hybridized carbons (Fsp3) is 0.0455. The van der Waals surface area contributed by atoms with Crippen molar-refractivity contribution in [1.82, 2.24) is 4.57 Å². The minimum Gasteiger partial charge on any atom is -0.454 e. The molecule has 1 aromatic heterocycles. The number of carbonyl (C=O) groups is 2. The van der Waals surface area contributed by atoms with E-state index in [9.17, 15) is 14.4 Å². The number of carbonyl (C=O) groups excluding carboxylic acids is 2. The monoisotopic (exact) mass is 401 g/mol. The normalized spacial score (nSPS) is 12.3. The molecule has 0 fully saturated rings. The number of hydrogen-bond acceptors (Lipinski definition) is 5. The van der Waals surface area contributed by atoms with E-state index in [0.29, 0.717) is 34.0 Å². The lowest BCUT2D eigenvalue weighted by atomic mass is 10.1. The van der Waals surface area contributed by atoms with Crippen molar-refractivity contribution in [3.63, 3.8) is 0 Å². The molecule has 148 valence electrons. The summed E-state index contributed by atoms with van der Waals surface area (Å²) < 4.78 is 12.2. The van der Waals surface area contributed by atoms with Gasteiger partial charge in [0.25, 0.3) is 5.91 Å². The number of amides is 2. The van der Waals surface area contributed by atoms with Gasteiger partial charge in [0.2, 0.25) is 5.91 Å². The molecular weight excluding hydrogens is 386 g/mol. The Morgan fingerprint density at radius 3 is 2.67 bits per heavy atom. The molecule has 2 N–H and O–H groups in total. The summed E-state index contributed by atoms with van der Waals surface area (Å²) in [6, 6.07) is 18.8. The zero-order valence-electron chi connectivity index (χ0n) is 15.5.